The van der Waals surface area contributed by atoms with Crippen LogP contribution in [-0.2, 0) is 9.53 Å². The number of carbonyl (C=O) groups is 2. The number of likely N-dealkylation sites (N-methyl/N-ethyl adjacent to an activating group) is 1. The van der Waals surface area contributed by atoms with E-state index in [0.717, 1.165) is 26.2 Å². The van der Waals surface area contributed by atoms with E-state index >= 15 is 0 Å². The van der Waals surface area contributed by atoms with Gasteiger partial charge in [0, 0.05) is 50.1 Å². The average molecular weight is 449 g/mol. The number of piperazine rings is 1. The molecule has 2 N–H and O–H groups in total. The van der Waals surface area contributed by atoms with E-state index in [0.29, 0.717) is 40.6 Å². The number of hydrogen-bond acceptors (Lipinski definition) is 8. The van der Waals surface area contributed by atoms with Crippen LogP contribution >= 0.6 is 0 Å². The topological polar surface area (TPSA) is 102 Å². The van der Waals surface area contributed by atoms with E-state index < -0.39 is 18.0 Å². The molecule has 0 bridgehead atoms. The SMILES string of the molecule is CCOC(=O)C1=C(CN2CCN(C)CC2)NC(=O)NC1c1cc(OC)c(OC)cc1OC. The maximum atomic E-state index is 13.1. The van der Waals surface area contributed by atoms with Crippen LogP contribution in [0.5, 0.6) is 17.2 Å². The zero-order valence-corrected chi connectivity index (χ0v) is 19.3. The lowest BCUT2D eigenvalue weighted by Gasteiger charge is -2.36. The fourth-order valence-electron chi connectivity index (χ4n) is 3.93. The Kier molecular flexibility index (Phi) is 7.81. The molecule has 2 heterocycles. The Morgan fingerprint density at radius 2 is 1.66 bits per heavy atom. The minimum atomic E-state index is -0.778. The predicted octanol–water partition coefficient (Wildman–Crippen LogP) is 1.13. The lowest BCUT2D eigenvalue weighted by atomic mass is 9.93. The maximum absolute atomic E-state index is 13.1. The second kappa shape index (κ2) is 10.6. The molecule has 1 aromatic rings. The number of carbonyl (C=O) groups excluding carboxylic acids is 2. The maximum Gasteiger partial charge on any atom is 0.338 e. The Bertz CT molecular complexity index is 879. The Morgan fingerprint density at radius 1 is 1.03 bits per heavy atom. The van der Waals surface area contributed by atoms with Gasteiger partial charge < -0.3 is 34.5 Å². The number of rotatable bonds is 8. The van der Waals surface area contributed by atoms with E-state index in [1.165, 1.54) is 21.3 Å². The van der Waals surface area contributed by atoms with Crippen LogP contribution in [0.4, 0.5) is 4.79 Å². The summed E-state index contributed by atoms with van der Waals surface area (Å²) in [7, 11) is 6.65. The Balaban J connectivity index is 2.08. The number of amides is 2. The lowest BCUT2D eigenvalue weighted by molar-refractivity contribution is -0.139. The number of ether oxygens (including phenoxy) is 4. The van der Waals surface area contributed by atoms with Crippen molar-refractivity contribution < 1.29 is 28.5 Å². The summed E-state index contributed by atoms with van der Waals surface area (Å²) in [5.41, 5.74) is 1.44. The fourth-order valence-corrected chi connectivity index (χ4v) is 3.93. The highest BCUT2D eigenvalue weighted by Gasteiger charge is 2.36. The molecule has 2 aliphatic rings. The molecule has 1 atom stereocenters. The van der Waals surface area contributed by atoms with Crippen molar-refractivity contribution in [1.29, 1.82) is 0 Å². The normalized spacial score (nSPS) is 19.8. The van der Waals surface area contributed by atoms with Gasteiger partial charge in [-0.05, 0) is 20.0 Å². The standard InChI is InChI=1S/C22H32N4O6/c1-6-32-21(27)19-15(13-26-9-7-25(2)8-10-26)23-22(28)24-20(19)14-11-17(30-4)18(31-5)12-16(14)29-3/h11-12,20H,6-10,13H2,1-5H3,(H2,23,24,28). The molecular formula is C22H32N4O6. The van der Waals surface area contributed by atoms with Crippen molar-refractivity contribution in [1.82, 2.24) is 20.4 Å². The Morgan fingerprint density at radius 3 is 2.25 bits per heavy atom. The monoisotopic (exact) mass is 448 g/mol. The van der Waals surface area contributed by atoms with Crippen LogP contribution in [-0.4, -0.2) is 89.5 Å². The van der Waals surface area contributed by atoms with Gasteiger partial charge in [-0.25, -0.2) is 9.59 Å². The van der Waals surface area contributed by atoms with Crippen LogP contribution in [0, 0.1) is 0 Å². The zero-order chi connectivity index (χ0) is 23.3. The van der Waals surface area contributed by atoms with Crippen LogP contribution in [0.1, 0.15) is 18.5 Å². The summed E-state index contributed by atoms with van der Waals surface area (Å²) in [6, 6.07) is 2.20. The number of nitrogens with one attached hydrogen (secondary N) is 2. The van der Waals surface area contributed by atoms with Crippen molar-refractivity contribution in [2.75, 3.05) is 67.7 Å². The Labute approximate surface area is 188 Å². The summed E-state index contributed by atoms with van der Waals surface area (Å²) in [5, 5.41) is 5.68. The molecule has 1 unspecified atom stereocenters. The molecule has 2 aliphatic heterocycles. The molecule has 0 spiro atoms. The molecule has 0 aromatic heterocycles. The Hall–Kier alpha value is -2.98. The van der Waals surface area contributed by atoms with Crippen LogP contribution in [0.2, 0.25) is 0 Å². The van der Waals surface area contributed by atoms with E-state index in [1.807, 2.05) is 0 Å². The summed E-state index contributed by atoms with van der Waals surface area (Å²) in [4.78, 5) is 30.2. The lowest BCUT2D eigenvalue weighted by Crippen LogP contribution is -2.51. The molecule has 2 amide bonds. The largest absolute Gasteiger partial charge is 0.496 e. The van der Waals surface area contributed by atoms with Crippen molar-refractivity contribution >= 4 is 12.0 Å². The molecule has 32 heavy (non-hydrogen) atoms. The van der Waals surface area contributed by atoms with E-state index in [2.05, 4.69) is 27.5 Å². The number of esters is 1. The molecular weight excluding hydrogens is 416 g/mol. The zero-order valence-electron chi connectivity index (χ0n) is 19.3. The molecule has 10 nitrogen and oxygen atoms in total. The van der Waals surface area contributed by atoms with Gasteiger partial charge in [0.15, 0.2) is 11.5 Å². The molecule has 10 heteroatoms. The average Bonchev–Trinajstić information content (AvgIpc) is 2.79. The predicted molar refractivity (Wildman–Crippen MR) is 118 cm³/mol. The molecule has 1 fully saturated rings. The molecule has 1 saturated heterocycles. The second-order valence-electron chi connectivity index (χ2n) is 7.67. The summed E-state index contributed by atoms with van der Waals surface area (Å²) in [5.74, 6) is 0.897. The third-order valence-corrected chi connectivity index (χ3v) is 5.67. The van der Waals surface area contributed by atoms with Crippen LogP contribution in [0.3, 0.4) is 0 Å². The fraction of sp³-hybridized carbons (Fsp3) is 0.545. The second-order valence-corrected chi connectivity index (χ2v) is 7.67. The van der Waals surface area contributed by atoms with E-state index in [-0.39, 0.29) is 6.61 Å². The first-order valence-electron chi connectivity index (χ1n) is 10.6. The van der Waals surface area contributed by atoms with Crippen LogP contribution in [0.15, 0.2) is 23.4 Å². The first-order chi connectivity index (χ1) is 15.4. The number of nitrogens with zero attached hydrogens (tertiary/aromatic N) is 2. The molecule has 176 valence electrons. The summed E-state index contributed by atoms with van der Waals surface area (Å²) in [6.45, 7) is 5.91. The van der Waals surface area contributed by atoms with Gasteiger partial charge in [0.05, 0.1) is 39.6 Å². The summed E-state index contributed by atoms with van der Waals surface area (Å²) < 4.78 is 21.7. The van der Waals surface area contributed by atoms with Gasteiger partial charge in [-0.3, -0.25) is 4.90 Å². The molecule has 1 aromatic carbocycles. The number of urea groups is 1. The third kappa shape index (κ3) is 5.08. The van der Waals surface area contributed by atoms with Crippen LogP contribution in [0.25, 0.3) is 0 Å². The van der Waals surface area contributed by atoms with E-state index in [1.54, 1.807) is 19.1 Å². The van der Waals surface area contributed by atoms with Crippen molar-refractivity contribution in [3.8, 4) is 17.2 Å². The quantitative estimate of drug-likeness (QED) is 0.571. The smallest absolute Gasteiger partial charge is 0.338 e. The van der Waals surface area contributed by atoms with E-state index in [4.69, 9.17) is 18.9 Å². The molecule has 0 saturated carbocycles. The number of benzene rings is 1. The van der Waals surface area contributed by atoms with Gasteiger partial charge in [-0.2, -0.15) is 0 Å². The van der Waals surface area contributed by atoms with E-state index in [9.17, 15) is 9.59 Å². The number of methoxy groups -OCH3 is 3. The van der Waals surface area contributed by atoms with Gasteiger partial charge in [0.1, 0.15) is 5.75 Å². The summed E-state index contributed by atoms with van der Waals surface area (Å²) >= 11 is 0. The van der Waals surface area contributed by atoms with Crippen molar-refractivity contribution in [2.45, 2.75) is 13.0 Å². The van der Waals surface area contributed by atoms with Gasteiger partial charge in [0.25, 0.3) is 0 Å². The number of hydrogen-bond donors (Lipinski definition) is 2. The minimum absolute atomic E-state index is 0.216. The van der Waals surface area contributed by atoms with Crippen molar-refractivity contribution in [3.05, 3.63) is 29.0 Å². The highest BCUT2D eigenvalue weighted by atomic mass is 16.5. The third-order valence-electron chi connectivity index (χ3n) is 5.67. The summed E-state index contributed by atoms with van der Waals surface area (Å²) in [6.07, 6.45) is 0. The van der Waals surface area contributed by atoms with Gasteiger partial charge >= 0.3 is 12.0 Å². The minimum Gasteiger partial charge on any atom is -0.496 e. The first-order valence-corrected chi connectivity index (χ1v) is 10.6. The van der Waals surface area contributed by atoms with Crippen molar-refractivity contribution in [2.24, 2.45) is 0 Å². The molecule has 3 rings (SSSR count). The van der Waals surface area contributed by atoms with Crippen LogP contribution < -0.4 is 24.8 Å². The highest BCUT2D eigenvalue weighted by Crippen LogP contribution is 2.41. The molecule has 0 radical (unpaired) electrons. The first kappa shape index (κ1) is 23.7. The van der Waals surface area contributed by atoms with Gasteiger partial charge in [-0.15, -0.1) is 0 Å². The highest BCUT2D eigenvalue weighted by molar-refractivity contribution is 5.95. The molecule has 0 aliphatic carbocycles. The van der Waals surface area contributed by atoms with Crippen molar-refractivity contribution in [3.63, 3.8) is 0 Å². The van der Waals surface area contributed by atoms with Gasteiger partial charge in [0.2, 0.25) is 0 Å². The van der Waals surface area contributed by atoms with Gasteiger partial charge in [-0.1, -0.05) is 0 Å².